The van der Waals surface area contributed by atoms with Gasteiger partial charge in [-0.2, -0.15) is 0 Å². The molecule has 5 nitrogen and oxygen atoms in total. The van der Waals surface area contributed by atoms with Crippen LogP contribution in [0.15, 0.2) is 18.2 Å². The fraction of sp³-hybridized carbons (Fsp3) is 0.562. The van der Waals surface area contributed by atoms with Crippen LogP contribution in [0.1, 0.15) is 26.3 Å². The molecule has 1 atom stereocenters. The van der Waals surface area contributed by atoms with Gasteiger partial charge >= 0.3 is 0 Å². The maximum absolute atomic E-state index is 12.1. The Hall–Kier alpha value is -1.75. The van der Waals surface area contributed by atoms with Gasteiger partial charge in [-0.3, -0.25) is 9.69 Å². The Morgan fingerprint density at radius 2 is 1.90 bits per heavy atom. The summed E-state index contributed by atoms with van der Waals surface area (Å²) in [6, 6.07) is 5.67. The normalized spacial score (nSPS) is 12.4. The summed E-state index contributed by atoms with van der Waals surface area (Å²) in [5.74, 6) is 1.43. The summed E-state index contributed by atoms with van der Waals surface area (Å²) in [4.78, 5) is 14.0. The Bertz CT molecular complexity index is 475. The number of rotatable bonds is 7. The standard InChI is InChI=1S/C16H26N2O3/c1-11(2)17-16(19)12(3)18(4)10-13-8-7-9-14(20-5)15(13)21-6/h7-9,11-12H,10H2,1-6H3,(H,17,19)/t12-/m1/s1. The molecule has 0 saturated carbocycles. The summed E-state index contributed by atoms with van der Waals surface area (Å²) in [5, 5.41) is 2.92. The third-order valence-electron chi connectivity index (χ3n) is 3.38. The lowest BCUT2D eigenvalue weighted by Crippen LogP contribution is -2.45. The summed E-state index contributed by atoms with van der Waals surface area (Å²) in [6.07, 6.45) is 0. The fourth-order valence-electron chi connectivity index (χ4n) is 2.09. The van der Waals surface area contributed by atoms with Gasteiger partial charge in [0.15, 0.2) is 11.5 Å². The van der Waals surface area contributed by atoms with Crippen LogP contribution >= 0.6 is 0 Å². The van der Waals surface area contributed by atoms with Gasteiger partial charge in [-0.15, -0.1) is 0 Å². The molecule has 0 heterocycles. The smallest absolute Gasteiger partial charge is 0.237 e. The molecule has 1 aromatic carbocycles. The Morgan fingerprint density at radius 3 is 2.43 bits per heavy atom. The van der Waals surface area contributed by atoms with Crippen molar-refractivity contribution in [3.05, 3.63) is 23.8 Å². The van der Waals surface area contributed by atoms with Gasteiger partial charge in [0.25, 0.3) is 0 Å². The largest absolute Gasteiger partial charge is 0.493 e. The minimum absolute atomic E-state index is 0.0226. The zero-order valence-electron chi connectivity index (χ0n) is 13.8. The lowest BCUT2D eigenvalue weighted by molar-refractivity contribution is -0.126. The molecule has 5 heteroatoms. The first-order valence-electron chi connectivity index (χ1n) is 7.11. The number of carbonyl (C=O) groups excluding carboxylic acids is 1. The molecule has 0 spiro atoms. The van der Waals surface area contributed by atoms with Crippen LogP contribution < -0.4 is 14.8 Å². The van der Waals surface area contributed by atoms with Gasteiger partial charge in [0.05, 0.1) is 20.3 Å². The SMILES string of the molecule is COc1cccc(CN(C)[C@H](C)C(=O)NC(C)C)c1OC. The first-order chi connectivity index (χ1) is 9.90. The maximum atomic E-state index is 12.1. The molecule has 118 valence electrons. The lowest BCUT2D eigenvalue weighted by Gasteiger charge is -2.25. The Morgan fingerprint density at radius 1 is 1.24 bits per heavy atom. The van der Waals surface area contributed by atoms with Gasteiger partial charge in [0.2, 0.25) is 5.91 Å². The number of benzene rings is 1. The van der Waals surface area contributed by atoms with Crippen molar-refractivity contribution in [2.75, 3.05) is 21.3 Å². The summed E-state index contributed by atoms with van der Waals surface area (Å²) in [5.41, 5.74) is 0.989. The summed E-state index contributed by atoms with van der Waals surface area (Å²) >= 11 is 0. The molecule has 0 bridgehead atoms. The highest BCUT2D eigenvalue weighted by Gasteiger charge is 2.20. The molecule has 1 aromatic rings. The van der Waals surface area contributed by atoms with Gasteiger partial charge < -0.3 is 14.8 Å². The molecular formula is C16H26N2O3. The van der Waals surface area contributed by atoms with Gasteiger partial charge in [0.1, 0.15) is 0 Å². The van der Waals surface area contributed by atoms with E-state index in [2.05, 4.69) is 5.32 Å². The third-order valence-corrected chi connectivity index (χ3v) is 3.38. The van der Waals surface area contributed by atoms with E-state index in [0.29, 0.717) is 18.0 Å². The van der Waals surface area contributed by atoms with E-state index in [-0.39, 0.29) is 18.0 Å². The molecule has 0 fully saturated rings. The van der Waals surface area contributed by atoms with Crippen LogP contribution in [0.4, 0.5) is 0 Å². The molecule has 1 N–H and O–H groups in total. The predicted octanol–water partition coefficient (Wildman–Crippen LogP) is 2.05. The Labute approximate surface area is 127 Å². The van der Waals surface area contributed by atoms with Crippen LogP contribution in [-0.4, -0.2) is 44.2 Å². The number of carbonyl (C=O) groups is 1. The van der Waals surface area contributed by atoms with E-state index in [1.54, 1.807) is 14.2 Å². The highest BCUT2D eigenvalue weighted by Crippen LogP contribution is 2.31. The highest BCUT2D eigenvalue weighted by atomic mass is 16.5. The quantitative estimate of drug-likeness (QED) is 0.836. The topological polar surface area (TPSA) is 50.8 Å². The van der Waals surface area contributed by atoms with Crippen LogP contribution in [0, 0.1) is 0 Å². The van der Waals surface area contributed by atoms with Crippen LogP contribution in [0.3, 0.4) is 0 Å². The number of hydrogen-bond donors (Lipinski definition) is 1. The average Bonchev–Trinajstić information content (AvgIpc) is 2.45. The van der Waals surface area contributed by atoms with Crippen molar-refractivity contribution in [3.8, 4) is 11.5 Å². The van der Waals surface area contributed by atoms with Gasteiger partial charge in [0, 0.05) is 18.2 Å². The molecule has 0 aliphatic rings. The van der Waals surface area contributed by atoms with E-state index < -0.39 is 0 Å². The molecular weight excluding hydrogens is 268 g/mol. The number of ether oxygens (including phenoxy) is 2. The number of likely N-dealkylation sites (N-methyl/N-ethyl adjacent to an activating group) is 1. The van der Waals surface area contributed by atoms with Crippen molar-refractivity contribution >= 4 is 5.91 Å². The first kappa shape index (κ1) is 17.3. The van der Waals surface area contributed by atoms with E-state index in [1.807, 2.05) is 50.9 Å². The minimum atomic E-state index is -0.219. The minimum Gasteiger partial charge on any atom is -0.493 e. The zero-order chi connectivity index (χ0) is 16.0. The molecule has 0 unspecified atom stereocenters. The summed E-state index contributed by atoms with van der Waals surface area (Å²) in [7, 11) is 5.16. The van der Waals surface area contributed by atoms with E-state index in [1.165, 1.54) is 0 Å². The zero-order valence-corrected chi connectivity index (χ0v) is 13.8. The van der Waals surface area contributed by atoms with E-state index >= 15 is 0 Å². The third kappa shape index (κ3) is 4.63. The lowest BCUT2D eigenvalue weighted by atomic mass is 10.1. The molecule has 0 aromatic heterocycles. The van der Waals surface area contributed by atoms with E-state index in [0.717, 1.165) is 5.56 Å². The van der Waals surface area contributed by atoms with Crippen LogP contribution in [0.2, 0.25) is 0 Å². The molecule has 0 radical (unpaired) electrons. The van der Waals surface area contributed by atoms with Gasteiger partial charge in [-0.05, 0) is 33.9 Å². The van der Waals surface area contributed by atoms with Crippen LogP contribution in [0.25, 0.3) is 0 Å². The Kier molecular flexibility index (Phi) is 6.49. The Balaban J connectivity index is 2.83. The fourth-order valence-corrected chi connectivity index (χ4v) is 2.09. The summed E-state index contributed by atoms with van der Waals surface area (Å²) in [6.45, 7) is 6.41. The van der Waals surface area contributed by atoms with Crippen molar-refractivity contribution < 1.29 is 14.3 Å². The second kappa shape index (κ2) is 7.88. The van der Waals surface area contributed by atoms with Crippen molar-refractivity contribution in [2.24, 2.45) is 0 Å². The van der Waals surface area contributed by atoms with Crippen LogP contribution in [-0.2, 0) is 11.3 Å². The number of nitrogens with zero attached hydrogens (tertiary/aromatic N) is 1. The van der Waals surface area contributed by atoms with Crippen molar-refractivity contribution in [1.82, 2.24) is 10.2 Å². The molecule has 1 amide bonds. The first-order valence-corrected chi connectivity index (χ1v) is 7.11. The molecule has 0 aliphatic heterocycles. The molecule has 1 rings (SSSR count). The predicted molar refractivity (Wildman–Crippen MR) is 83.8 cm³/mol. The highest BCUT2D eigenvalue weighted by molar-refractivity contribution is 5.81. The van der Waals surface area contributed by atoms with Crippen molar-refractivity contribution in [3.63, 3.8) is 0 Å². The number of hydrogen-bond acceptors (Lipinski definition) is 4. The van der Waals surface area contributed by atoms with Crippen molar-refractivity contribution in [1.29, 1.82) is 0 Å². The van der Waals surface area contributed by atoms with Gasteiger partial charge in [-0.1, -0.05) is 12.1 Å². The number of nitrogens with one attached hydrogen (secondary N) is 1. The number of methoxy groups -OCH3 is 2. The number of para-hydroxylation sites is 1. The molecule has 0 aliphatic carbocycles. The maximum Gasteiger partial charge on any atom is 0.237 e. The second-order valence-corrected chi connectivity index (χ2v) is 5.41. The van der Waals surface area contributed by atoms with E-state index in [9.17, 15) is 4.79 Å². The van der Waals surface area contributed by atoms with E-state index in [4.69, 9.17) is 9.47 Å². The summed E-state index contributed by atoms with van der Waals surface area (Å²) < 4.78 is 10.7. The second-order valence-electron chi connectivity index (χ2n) is 5.41. The van der Waals surface area contributed by atoms with Crippen LogP contribution in [0.5, 0.6) is 11.5 Å². The monoisotopic (exact) mass is 294 g/mol. The molecule has 21 heavy (non-hydrogen) atoms. The molecule has 0 saturated heterocycles. The van der Waals surface area contributed by atoms with Gasteiger partial charge in [-0.25, -0.2) is 0 Å². The van der Waals surface area contributed by atoms with Crippen molar-refractivity contribution in [2.45, 2.75) is 39.4 Å². The average molecular weight is 294 g/mol. The number of amides is 1.